The fourth-order valence-corrected chi connectivity index (χ4v) is 3.84. The second kappa shape index (κ2) is 9.84. The maximum Gasteiger partial charge on any atom is 0.417 e. The maximum absolute atomic E-state index is 12.9. The van der Waals surface area contributed by atoms with Crippen molar-refractivity contribution in [3.63, 3.8) is 0 Å². The monoisotopic (exact) mass is 444 g/mol. The van der Waals surface area contributed by atoms with Gasteiger partial charge < -0.3 is 19.7 Å². The first kappa shape index (κ1) is 24.9. The third-order valence-electron chi connectivity index (χ3n) is 5.32. The first-order valence-electron chi connectivity index (χ1n) is 10.3. The molecule has 1 N–H and O–H groups in total. The Bertz CT molecular complexity index is 841. The van der Waals surface area contributed by atoms with E-state index in [1.165, 1.54) is 4.90 Å². The molecular formula is C21H31F3N4O3. The van der Waals surface area contributed by atoms with E-state index in [2.05, 4.69) is 24.1 Å². The van der Waals surface area contributed by atoms with Gasteiger partial charge in [-0.3, -0.25) is 14.4 Å². The van der Waals surface area contributed by atoms with E-state index in [-0.39, 0.29) is 17.2 Å². The molecule has 7 nitrogen and oxygen atoms in total. The van der Waals surface area contributed by atoms with Crippen molar-refractivity contribution in [1.82, 2.24) is 19.7 Å². The topological polar surface area (TPSA) is 74.7 Å². The van der Waals surface area contributed by atoms with Crippen LogP contribution in [0.4, 0.5) is 13.2 Å². The number of hydrogen-bond acceptors (Lipinski definition) is 4. The Balaban J connectivity index is 1.88. The molecule has 1 fully saturated rings. The number of rotatable bonds is 7. The van der Waals surface area contributed by atoms with Crippen molar-refractivity contribution in [2.45, 2.75) is 39.4 Å². The Hall–Kier alpha value is -2.36. The number of amides is 2. The van der Waals surface area contributed by atoms with Crippen molar-refractivity contribution >= 4 is 11.8 Å². The van der Waals surface area contributed by atoms with Crippen LogP contribution < -0.4 is 10.9 Å². The summed E-state index contributed by atoms with van der Waals surface area (Å²) < 4.78 is 39.3. The molecule has 1 aliphatic rings. The Labute approximate surface area is 180 Å². The highest BCUT2D eigenvalue weighted by Crippen LogP contribution is 2.28. The van der Waals surface area contributed by atoms with Gasteiger partial charge in [0.1, 0.15) is 6.54 Å². The van der Waals surface area contributed by atoms with Crippen LogP contribution in [0.15, 0.2) is 23.1 Å². The van der Waals surface area contributed by atoms with E-state index in [1.807, 2.05) is 14.1 Å². The number of halogens is 3. The second-order valence-corrected chi connectivity index (χ2v) is 9.16. The third-order valence-corrected chi connectivity index (χ3v) is 5.32. The summed E-state index contributed by atoms with van der Waals surface area (Å²) in [5.74, 6) is -0.698. The van der Waals surface area contributed by atoms with Gasteiger partial charge in [-0.1, -0.05) is 13.8 Å². The summed E-state index contributed by atoms with van der Waals surface area (Å²) in [6, 6.07) is 1.51. The van der Waals surface area contributed by atoms with Crippen LogP contribution in [0.3, 0.4) is 0 Å². The molecule has 2 heterocycles. The second-order valence-electron chi connectivity index (χ2n) is 9.16. The fourth-order valence-electron chi connectivity index (χ4n) is 3.84. The highest BCUT2D eigenvalue weighted by atomic mass is 19.4. The number of hydrogen-bond donors (Lipinski definition) is 1. The van der Waals surface area contributed by atoms with Crippen LogP contribution >= 0.6 is 0 Å². The number of piperidine rings is 1. The molecule has 0 aliphatic carbocycles. The zero-order valence-electron chi connectivity index (χ0n) is 18.5. The number of likely N-dealkylation sites (tertiary alicyclic amines) is 1. The van der Waals surface area contributed by atoms with Crippen molar-refractivity contribution < 1.29 is 22.8 Å². The molecule has 0 bridgehead atoms. The minimum atomic E-state index is -4.59. The molecule has 1 aromatic heterocycles. The zero-order valence-corrected chi connectivity index (χ0v) is 18.5. The molecule has 10 heteroatoms. The molecule has 0 aromatic carbocycles. The number of nitrogens with one attached hydrogen (secondary N) is 1. The molecule has 0 atom stereocenters. The number of pyridine rings is 1. The first-order chi connectivity index (χ1) is 14.3. The number of nitrogens with zero attached hydrogens (tertiary/aromatic N) is 3. The van der Waals surface area contributed by atoms with E-state index in [9.17, 15) is 27.6 Å². The SMILES string of the molecule is CN(C)CC(C)(C)CNC(=O)C1CCN(C(=O)Cn2cc(C(F)(F)F)ccc2=O)CC1. The maximum atomic E-state index is 12.9. The molecule has 0 saturated carbocycles. The molecular weight excluding hydrogens is 413 g/mol. The quantitative estimate of drug-likeness (QED) is 0.696. The van der Waals surface area contributed by atoms with Gasteiger partial charge in [0.05, 0.1) is 5.56 Å². The third kappa shape index (κ3) is 7.37. The lowest BCUT2D eigenvalue weighted by atomic mass is 9.91. The molecule has 1 aromatic rings. The van der Waals surface area contributed by atoms with E-state index in [0.29, 0.717) is 44.7 Å². The van der Waals surface area contributed by atoms with Gasteiger partial charge in [0.15, 0.2) is 0 Å². The van der Waals surface area contributed by atoms with Crippen molar-refractivity contribution in [2.75, 3.05) is 40.3 Å². The summed E-state index contributed by atoms with van der Waals surface area (Å²) in [6.07, 6.45) is -2.98. The largest absolute Gasteiger partial charge is 0.417 e. The van der Waals surface area contributed by atoms with Crippen molar-refractivity contribution in [3.05, 3.63) is 34.2 Å². The van der Waals surface area contributed by atoms with Crippen LogP contribution in [0.1, 0.15) is 32.3 Å². The number of alkyl halides is 3. The van der Waals surface area contributed by atoms with E-state index in [4.69, 9.17) is 0 Å². The summed E-state index contributed by atoms with van der Waals surface area (Å²) in [5.41, 5.74) is -1.72. The smallest absolute Gasteiger partial charge is 0.355 e. The molecule has 1 saturated heterocycles. The highest BCUT2D eigenvalue weighted by Gasteiger charge is 2.32. The predicted octanol–water partition coefficient (Wildman–Crippen LogP) is 1.81. The van der Waals surface area contributed by atoms with Gasteiger partial charge in [0.25, 0.3) is 5.56 Å². The lowest BCUT2D eigenvalue weighted by Crippen LogP contribution is -2.46. The van der Waals surface area contributed by atoms with Gasteiger partial charge in [0, 0.05) is 44.4 Å². The zero-order chi connectivity index (χ0) is 23.4. The number of carbonyl (C=O) groups is 2. The normalized spacial score (nSPS) is 15.9. The van der Waals surface area contributed by atoms with Gasteiger partial charge in [0.2, 0.25) is 11.8 Å². The summed E-state index contributed by atoms with van der Waals surface area (Å²) in [6.45, 7) is 5.71. The van der Waals surface area contributed by atoms with Crippen LogP contribution in [0.2, 0.25) is 0 Å². The molecule has 0 unspecified atom stereocenters. The average Bonchev–Trinajstić information content (AvgIpc) is 2.66. The van der Waals surface area contributed by atoms with E-state index in [0.717, 1.165) is 17.2 Å². The van der Waals surface area contributed by atoms with E-state index in [1.54, 1.807) is 0 Å². The van der Waals surface area contributed by atoms with Gasteiger partial charge in [-0.15, -0.1) is 0 Å². The Morgan fingerprint density at radius 1 is 1.16 bits per heavy atom. The fraction of sp³-hybridized carbons (Fsp3) is 0.667. The van der Waals surface area contributed by atoms with Crippen LogP contribution in [0.25, 0.3) is 0 Å². The van der Waals surface area contributed by atoms with Gasteiger partial charge >= 0.3 is 6.18 Å². The van der Waals surface area contributed by atoms with Gasteiger partial charge in [-0.25, -0.2) is 0 Å². The van der Waals surface area contributed by atoms with E-state index < -0.39 is 29.8 Å². The van der Waals surface area contributed by atoms with Crippen LogP contribution in [0.5, 0.6) is 0 Å². The van der Waals surface area contributed by atoms with Crippen molar-refractivity contribution in [2.24, 2.45) is 11.3 Å². The van der Waals surface area contributed by atoms with Crippen LogP contribution in [0, 0.1) is 11.3 Å². The molecule has 0 radical (unpaired) electrons. The highest BCUT2D eigenvalue weighted by molar-refractivity contribution is 5.80. The molecule has 2 rings (SSSR count). The Morgan fingerprint density at radius 3 is 2.32 bits per heavy atom. The number of carbonyl (C=O) groups excluding carboxylic acids is 2. The number of aromatic nitrogens is 1. The Kier molecular flexibility index (Phi) is 7.91. The summed E-state index contributed by atoms with van der Waals surface area (Å²) in [5, 5.41) is 2.99. The molecule has 174 valence electrons. The van der Waals surface area contributed by atoms with Gasteiger partial charge in [-0.05, 0) is 38.4 Å². The van der Waals surface area contributed by atoms with Crippen molar-refractivity contribution in [1.29, 1.82) is 0 Å². The first-order valence-corrected chi connectivity index (χ1v) is 10.3. The molecule has 1 aliphatic heterocycles. The summed E-state index contributed by atoms with van der Waals surface area (Å²) in [7, 11) is 3.95. The summed E-state index contributed by atoms with van der Waals surface area (Å²) in [4.78, 5) is 40.4. The molecule has 0 spiro atoms. The van der Waals surface area contributed by atoms with Gasteiger partial charge in [-0.2, -0.15) is 13.2 Å². The molecule has 2 amide bonds. The molecule has 31 heavy (non-hydrogen) atoms. The standard InChI is InChI=1S/C21H31F3N4O3/c1-20(2,14-26(3)4)13-25-19(31)15-7-9-27(10-8-15)18(30)12-28-11-16(21(22,23)24)5-6-17(28)29/h5-6,11,15H,7-10,12-14H2,1-4H3,(H,25,31). The lowest BCUT2D eigenvalue weighted by molar-refractivity contribution is -0.139. The average molecular weight is 444 g/mol. The summed E-state index contributed by atoms with van der Waals surface area (Å²) >= 11 is 0. The predicted molar refractivity (Wildman–Crippen MR) is 110 cm³/mol. The van der Waals surface area contributed by atoms with Crippen molar-refractivity contribution in [3.8, 4) is 0 Å². The lowest BCUT2D eigenvalue weighted by Gasteiger charge is -2.33. The van der Waals surface area contributed by atoms with Crippen LogP contribution in [-0.4, -0.2) is 66.5 Å². The minimum Gasteiger partial charge on any atom is -0.355 e. The van der Waals surface area contributed by atoms with E-state index >= 15 is 0 Å². The Morgan fingerprint density at radius 2 is 1.77 bits per heavy atom. The van der Waals surface area contributed by atoms with Crippen LogP contribution in [-0.2, 0) is 22.3 Å². The minimum absolute atomic E-state index is 0.0481.